The summed E-state index contributed by atoms with van der Waals surface area (Å²) in [5.74, 6) is 0.0662. The van der Waals surface area contributed by atoms with E-state index in [4.69, 9.17) is 19.1 Å². The van der Waals surface area contributed by atoms with Crippen LogP contribution in [-0.2, 0) is 10.3 Å². The largest absolute Gasteiger partial charge is 0.494 e. The summed E-state index contributed by atoms with van der Waals surface area (Å²) >= 11 is 0. The van der Waals surface area contributed by atoms with E-state index >= 15 is 0 Å². The normalized spacial score (nSPS) is 17.6. The summed E-state index contributed by atoms with van der Waals surface area (Å²) in [6.45, 7) is -2.71. The van der Waals surface area contributed by atoms with Gasteiger partial charge in [-0.2, -0.15) is 4.98 Å². The maximum Gasteiger partial charge on any atom is 0.261 e. The number of nitrogens with one attached hydrogen (secondary N) is 3. The summed E-state index contributed by atoms with van der Waals surface area (Å²) in [5, 5.41) is 11.8. The lowest BCUT2D eigenvalue weighted by Gasteiger charge is -2.16. The second-order valence-electron chi connectivity index (χ2n) is 8.42. The van der Waals surface area contributed by atoms with Gasteiger partial charge in [0.25, 0.3) is 11.8 Å². The first-order valence-corrected chi connectivity index (χ1v) is 10.8. The molecule has 2 saturated carbocycles. The fraction of sp³-hybridized carbons (Fsp3) is 0.348. The van der Waals surface area contributed by atoms with Crippen molar-refractivity contribution in [2.75, 3.05) is 24.7 Å². The van der Waals surface area contributed by atoms with Crippen LogP contribution in [-0.4, -0.2) is 41.0 Å². The molecule has 2 aliphatic rings. The first-order valence-electron chi connectivity index (χ1n) is 12.3. The standard InChI is InChI=1S/C23H25N7O4/c1-25-20(32)14-11-26-17(28-19(31)12-6-7-12)10-16(14)27-15-5-3-4-13(18(15)33-2)21-29-22(30-34-21)23(24)8-9-23/h3-5,10-12H,6-9,24H2,1-2H3,(H,25,32)(H2,26,27,28,31)/i1D3. The van der Waals surface area contributed by atoms with Gasteiger partial charge in [0, 0.05) is 29.3 Å². The maximum atomic E-state index is 12.8. The molecule has 2 fully saturated rings. The van der Waals surface area contributed by atoms with Crippen molar-refractivity contribution < 1.29 is 23.0 Å². The van der Waals surface area contributed by atoms with Gasteiger partial charge in [-0.3, -0.25) is 9.59 Å². The van der Waals surface area contributed by atoms with Crippen LogP contribution in [0.4, 0.5) is 17.2 Å². The predicted octanol–water partition coefficient (Wildman–Crippen LogP) is 2.54. The third-order valence-corrected chi connectivity index (χ3v) is 5.84. The smallest absolute Gasteiger partial charge is 0.261 e. The first kappa shape index (κ1) is 18.4. The van der Waals surface area contributed by atoms with Gasteiger partial charge in [0.05, 0.1) is 35.2 Å². The molecule has 1 aromatic carbocycles. The van der Waals surface area contributed by atoms with Crippen molar-refractivity contribution >= 4 is 29.0 Å². The number of anilines is 3. The highest BCUT2D eigenvalue weighted by Crippen LogP contribution is 2.43. The van der Waals surface area contributed by atoms with Crippen molar-refractivity contribution in [1.82, 2.24) is 20.4 Å². The van der Waals surface area contributed by atoms with Crippen LogP contribution in [0.3, 0.4) is 0 Å². The number of nitrogens with zero attached hydrogens (tertiary/aromatic N) is 3. The van der Waals surface area contributed by atoms with Gasteiger partial charge in [-0.1, -0.05) is 11.2 Å². The monoisotopic (exact) mass is 466 g/mol. The van der Waals surface area contributed by atoms with Gasteiger partial charge >= 0.3 is 0 Å². The molecule has 2 aromatic heterocycles. The number of benzene rings is 1. The van der Waals surface area contributed by atoms with Crippen LogP contribution >= 0.6 is 0 Å². The summed E-state index contributed by atoms with van der Waals surface area (Å²) in [6, 6.07) is 6.60. The predicted molar refractivity (Wildman–Crippen MR) is 124 cm³/mol. The molecule has 0 unspecified atom stereocenters. The van der Waals surface area contributed by atoms with Crippen LogP contribution in [0.15, 0.2) is 35.0 Å². The molecule has 0 aliphatic heterocycles. The molecule has 0 radical (unpaired) electrons. The van der Waals surface area contributed by atoms with Crippen molar-refractivity contribution in [3.63, 3.8) is 0 Å². The van der Waals surface area contributed by atoms with Gasteiger partial charge in [-0.05, 0) is 37.8 Å². The molecule has 11 heteroatoms. The molecule has 0 spiro atoms. The van der Waals surface area contributed by atoms with E-state index in [1.54, 1.807) is 18.2 Å². The number of methoxy groups -OCH3 is 1. The fourth-order valence-electron chi connectivity index (χ4n) is 3.51. The Morgan fingerprint density at radius 3 is 2.82 bits per heavy atom. The van der Waals surface area contributed by atoms with Gasteiger partial charge in [0.15, 0.2) is 11.6 Å². The number of amides is 2. The van der Waals surface area contributed by atoms with E-state index < -0.39 is 18.4 Å². The highest BCUT2D eigenvalue weighted by Gasteiger charge is 2.44. The number of hydrogen-bond acceptors (Lipinski definition) is 9. The van der Waals surface area contributed by atoms with E-state index in [-0.39, 0.29) is 34.8 Å². The molecule has 5 N–H and O–H groups in total. The van der Waals surface area contributed by atoms with E-state index in [9.17, 15) is 9.59 Å². The first-order chi connectivity index (χ1) is 17.6. The Labute approximate surface area is 199 Å². The molecule has 34 heavy (non-hydrogen) atoms. The van der Waals surface area contributed by atoms with Gasteiger partial charge < -0.3 is 30.9 Å². The Hall–Kier alpha value is -3.99. The van der Waals surface area contributed by atoms with Crippen LogP contribution in [0, 0.1) is 5.92 Å². The molecule has 0 atom stereocenters. The van der Waals surface area contributed by atoms with Gasteiger partial charge in [-0.15, -0.1) is 0 Å². The Kier molecular flexibility index (Phi) is 4.56. The molecule has 3 aromatic rings. The number of aromatic nitrogens is 3. The SMILES string of the molecule is [2H]C([2H])([2H])NC(=O)c1cnc(NC(=O)C2CC2)cc1Nc1cccc(-c2nc(C3(N)CC3)no2)c1OC. The molecule has 0 saturated heterocycles. The minimum Gasteiger partial charge on any atom is -0.494 e. The number of rotatable bonds is 8. The Morgan fingerprint density at radius 1 is 1.29 bits per heavy atom. The number of carbonyl (C=O) groups is 2. The highest BCUT2D eigenvalue weighted by atomic mass is 16.5. The summed E-state index contributed by atoms with van der Waals surface area (Å²) in [6.07, 6.45) is 4.36. The number of carbonyl (C=O) groups excluding carboxylic acids is 2. The summed E-state index contributed by atoms with van der Waals surface area (Å²) in [4.78, 5) is 33.6. The zero-order valence-electron chi connectivity index (χ0n) is 21.3. The number of pyridine rings is 1. The minimum absolute atomic E-state index is 0.0492. The molecular formula is C23H25N7O4. The van der Waals surface area contributed by atoms with Crippen molar-refractivity contribution in [3.05, 3.63) is 41.9 Å². The zero-order valence-corrected chi connectivity index (χ0v) is 18.3. The topological polar surface area (TPSA) is 157 Å². The molecule has 0 bridgehead atoms. The molecule has 2 aliphatic carbocycles. The van der Waals surface area contributed by atoms with Crippen LogP contribution < -0.4 is 26.4 Å². The van der Waals surface area contributed by atoms with Crippen molar-refractivity contribution in [3.8, 4) is 17.2 Å². The minimum atomic E-state index is -2.71. The van der Waals surface area contributed by atoms with E-state index in [0.717, 1.165) is 25.7 Å². The third-order valence-electron chi connectivity index (χ3n) is 5.84. The molecule has 2 amide bonds. The summed E-state index contributed by atoms with van der Waals surface area (Å²) in [7, 11) is 1.46. The van der Waals surface area contributed by atoms with Crippen LogP contribution in [0.25, 0.3) is 11.5 Å². The van der Waals surface area contributed by atoms with Gasteiger partial charge in [-0.25, -0.2) is 4.98 Å². The molecule has 176 valence electrons. The lowest BCUT2D eigenvalue weighted by molar-refractivity contribution is -0.117. The second kappa shape index (κ2) is 8.41. The Bertz CT molecular complexity index is 1370. The quantitative estimate of drug-likeness (QED) is 0.391. The van der Waals surface area contributed by atoms with Crippen molar-refractivity contribution in [2.24, 2.45) is 11.7 Å². The number of nitrogens with two attached hydrogens (primary N) is 1. The van der Waals surface area contributed by atoms with Crippen LogP contribution in [0.1, 0.15) is 46.0 Å². The fourth-order valence-corrected chi connectivity index (χ4v) is 3.51. The average Bonchev–Trinajstić information content (AvgIpc) is 3.76. The van der Waals surface area contributed by atoms with E-state index in [1.807, 2.05) is 5.32 Å². The second-order valence-corrected chi connectivity index (χ2v) is 8.42. The lowest BCUT2D eigenvalue weighted by Crippen LogP contribution is -2.20. The number of hydrogen-bond donors (Lipinski definition) is 4. The Morgan fingerprint density at radius 2 is 2.12 bits per heavy atom. The van der Waals surface area contributed by atoms with Crippen molar-refractivity contribution in [2.45, 2.75) is 31.2 Å². The molecular weight excluding hydrogens is 438 g/mol. The summed E-state index contributed by atoms with van der Waals surface area (Å²) in [5.41, 5.74) is 6.66. The van der Waals surface area contributed by atoms with E-state index in [0.29, 0.717) is 22.8 Å². The molecule has 11 nitrogen and oxygen atoms in total. The van der Waals surface area contributed by atoms with Crippen molar-refractivity contribution in [1.29, 1.82) is 0 Å². The van der Waals surface area contributed by atoms with Crippen LogP contribution in [0.2, 0.25) is 0 Å². The number of ether oxygens (including phenoxy) is 1. The lowest BCUT2D eigenvalue weighted by atomic mass is 10.1. The zero-order chi connectivity index (χ0) is 26.4. The molecule has 5 rings (SSSR count). The van der Waals surface area contributed by atoms with Crippen LogP contribution in [0.5, 0.6) is 5.75 Å². The van der Waals surface area contributed by atoms with E-state index in [2.05, 4.69) is 25.8 Å². The Balaban J connectivity index is 1.50. The van der Waals surface area contributed by atoms with Gasteiger partial charge in [0.1, 0.15) is 5.82 Å². The third kappa shape index (κ3) is 4.17. The van der Waals surface area contributed by atoms with E-state index in [1.165, 1.54) is 19.4 Å². The summed E-state index contributed by atoms with van der Waals surface area (Å²) < 4.78 is 33.2. The molecule has 2 heterocycles. The highest BCUT2D eigenvalue weighted by molar-refractivity contribution is 6.01. The maximum absolute atomic E-state index is 12.8. The van der Waals surface area contributed by atoms with Gasteiger partial charge in [0.2, 0.25) is 5.91 Å². The average molecular weight is 467 g/mol. The number of para-hydroxylation sites is 1.